The van der Waals surface area contributed by atoms with E-state index in [4.69, 9.17) is 0 Å². The number of aromatic nitrogens is 2. The number of nitrogens with zero attached hydrogens (tertiary/aromatic N) is 1. The van der Waals surface area contributed by atoms with E-state index >= 15 is 0 Å². The number of carbonyl (C=O) groups excluding carboxylic acids is 1. The second-order valence-electron chi connectivity index (χ2n) is 6.42. The Kier molecular flexibility index (Phi) is 4.67. The Morgan fingerprint density at radius 3 is 2.88 bits per heavy atom. The average molecular weight is 365 g/mol. The Labute approximate surface area is 154 Å². The normalized spacial score (nSPS) is 19.5. The molecule has 0 radical (unpaired) electrons. The fourth-order valence-electron chi connectivity index (χ4n) is 3.40. The summed E-state index contributed by atoms with van der Waals surface area (Å²) in [5.74, 6) is 0.239. The molecule has 6 heteroatoms. The number of hydrogen-bond donors (Lipinski definition) is 2. The Balaban J connectivity index is 1.60. The van der Waals surface area contributed by atoms with Gasteiger partial charge in [-0.05, 0) is 36.4 Å². The molecular formula is C20H19N3O2S. The zero-order chi connectivity index (χ0) is 17.9. The van der Waals surface area contributed by atoms with Crippen LogP contribution in [0.25, 0.3) is 10.9 Å². The lowest BCUT2D eigenvalue weighted by atomic mass is 9.81. The van der Waals surface area contributed by atoms with Crippen LogP contribution in [-0.4, -0.2) is 15.9 Å². The van der Waals surface area contributed by atoms with Crippen LogP contribution in [0.5, 0.6) is 0 Å². The van der Waals surface area contributed by atoms with Crippen molar-refractivity contribution in [3.05, 3.63) is 75.0 Å². The van der Waals surface area contributed by atoms with E-state index in [9.17, 15) is 9.59 Å². The molecule has 0 saturated carbocycles. The van der Waals surface area contributed by atoms with Crippen LogP contribution in [0.1, 0.15) is 29.5 Å². The SMILES string of the molecule is O=C(NCc1cccs1)C1CC=CCC1c1nc2ccccc2c(=O)[nH]1. The summed E-state index contributed by atoms with van der Waals surface area (Å²) in [6.45, 7) is 0.533. The van der Waals surface area contributed by atoms with E-state index in [0.717, 1.165) is 4.88 Å². The summed E-state index contributed by atoms with van der Waals surface area (Å²) in [6, 6.07) is 11.3. The summed E-state index contributed by atoms with van der Waals surface area (Å²) in [7, 11) is 0. The Morgan fingerprint density at radius 2 is 2.04 bits per heavy atom. The van der Waals surface area contributed by atoms with E-state index in [1.54, 1.807) is 17.4 Å². The van der Waals surface area contributed by atoms with Crippen molar-refractivity contribution < 1.29 is 4.79 Å². The lowest BCUT2D eigenvalue weighted by Crippen LogP contribution is -2.35. The number of hydrogen-bond acceptors (Lipinski definition) is 4. The van der Waals surface area contributed by atoms with E-state index < -0.39 is 0 Å². The van der Waals surface area contributed by atoms with Gasteiger partial charge >= 0.3 is 0 Å². The molecular weight excluding hydrogens is 346 g/mol. The highest BCUT2D eigenvalue weighted by atomic mass is 32.1. The average Bonchev–Trinajstić information content (AvgIpc) is 3.20. The molecule has 2 aromatic heterocycles. The lowest BCUT2D eigenvalue weighted by molar-refractivity contribution is -0.126. The first-order valence-corrected chi connectivity index (χ1v) is 9.54. The minimum Gasteiger partial charge on any atom is -0.351 e. The van der Waals surface area contributed by atoms with Gasteiger partial charge in [-0.15, -0.1) is 11.3 Å². The maximum atomic E-state index is 12.8. The number of fused-ring (bicyclic) bond motifs is 1. The molecule has 0 bridgehead atoms. The Bertz CT molecular complexity index is 1010. The van der Waals surface area contributed by atoms with E-state index in [1.807, 2.05) is 41.8 Å². The second kappa shape index (κ2) is 7.25. The first-order chi connectivity index (χ1) is 12.7. The molecule has 0 fully saturated rings. The monoisotopic (exact) mass is 365 g/mol. The van der Waals surface area contributed by atoms with Crippen LogP contribution in [0.3, 0.4) is 0 Å². The molecule has 1 amide bonds. The van der Waals surface area contributed by atoms with Crippen molar-refractivity contribution in [2.24, 2.45) is 5.92 Å². The standard InChI is InChI=1S/C20H19N3O2S/c24-19(21-12-13-6-5-11-26-13)15-8-2-1-7-14(15)18-22-17-10-4-3-9-16(17)20(25)23-18/h1-6,9-11,14-15H,7-8,12H2,(H,21,24)(H,22,23,25). The molecule has 0 spiro atoms. The molecule has 1 aliphatic rings. The number of aromatic amines is 1. The molecule has 0 aliphatic heterocycles. The van der Waals surface area contributed by atoms with Crippen molar-refractivity contribution in [2.75, 3.05) is 0 Å². The molecule has 3 aromatic rings. The minimum atomic E-state index is -0.232. The van der Waals surface area contributed by atoms with E-state index in [2.05, 4.69) is 21.4 Å². The van der Waals surface area contributed by atoms with Crippen LogP contribution >= 0.6 is 11.3 Å². The highest BCUT2D eigenvalue weighted by Gasteiger charge is 2.32. The van der Waals surface area contributed by atoms with E-state index in [1.165, 1.54) is 0 Å². The van der Waals surface area contributed by atoms with Crippen molar-refractivity contribution >= 4 is 28.1 Å². The summed E-state index contributed by atoms with van der Waals surface area (Å²) < 4.78 is 0. The molecule has 26 heavy (non-hydrogen) atoms. The molecule has 5 nitrogen and oxygen atoms in total. The number of amides is 1. The lowest BCUT2D eigenvalue weighted by Gasteiger charge is -2.27. The number of carbonyl (C=O) groups is 1. The van der Waals surface area contributed by atoms with Crippen LogP contribution in [-0.2, 0) is 11.3 Å². The van der Waals surface area contributed by atoms with Gasteiger partial charge in [-0.2, -0.15) is 0 Å². The maximum Gasteiger partial charge on any atom is 0.258 e. The van der Waals surface area contributed by atoms with Gasteiger partial charge in [-0.1, -0.05) is 30.4 Å². The molecule has 1 aromatic carbocycles. The molecule has 2 heterocycles. The molecule has 2 atom stereocenters. The topological polar surface area (TPSA) is 74.8 Å². The number of nitrogens with one attached hydrogen (secondary N) is 2. The van der Waals surface area contributed by atoms with Gasteiger partial charge in [0.05, 0.1) is 23.4 Å². The highest BCUT2D eigenvalue weighted by molar-refractivity contribution is 7.09. The predicted molar refractivity (Wildman–Crippen MR) is 103 cm³/mol. The zero-order valence-corrected chi connectivity index (χ0v) is 15.0. The molecule has 2 unspecified atom stereocenters. The maximum absolute atomic E-state index is 12.8. The smallest absolute Gasteiger partial charge is 0.258 e. The van der Waals surface area contributed by atoms with Gasteiger partial charge in [0, 0.05) is 10.8 Å². The van der Waals surface area contributed by atoms with E-state index in [-0.39, 0.29) is 23.3 Å². The fraction of sp³-hybridized carbons (Fsp3) is 0.250. The number of thiophene rings is 1. The number of benzene rings is 1. The van der Waals surface area contributed by atoms with Gasteiger partial charge in [0.25, 0.3) is 5.56 Å². The van der Waals surface area contributed by atoms with Crippen LogP contribution in [0.2, 0.25) is 0 Å². The first-order valence-electron chi connectivity index (χ1n) is 8.66. The number of H-pyrrole nitrogens is 1. The van der Waals surface area contributed by atoms with Crippen molar-refractivity contribution in [3.63, 3.8) is 0 Å². The number of allylic oxidation sites excluding steroid dienone is 2. The summed E-state index contributed by atoms with van der Waals surface area (Å²) >= 11 is 1.62. The van der Waals surface area contributed by atoms with Crippen molar-refractivity contribution in [1.29, 1.82) is 0 Å². The molecule has 132 valence electrons. The van der Waals surface area contributed by atoms with Crippen LogP contribution in [0, 0.1) is 5.92 Å². The third-order valence-electron chi connectivity index (χ3n) is 4.77. The number of rotatable bonds is 4. The van der Waals surface area contributed by atoms with Gasteiger partial charge in [0.1, 0.15) is 5.82 Å². The highest BCUT2D eigenvalue weighted by Crippen LogP contribution is 2.33. The molecule has 1 aliphatic carbocycles. The summed E-state index contributed by atoms with van der Waals surface area (Å²) in [5.41, 5.74) is 0.511. The van der Waals surface area contributed by atoms with Crippen molar-refractivity contribution in [3.8, 4) is 0 Å². The van der Waals surface area contributed by atoms with Crippen molar-refractivity contribution in [2.45, 2.75) is 25.3 Å². The molecule has 0 saturated heterocycles. The third-order valence-corrected chi connectivity index (χ3v) is 5.64. The second-order valence-corrected chi connectivity index (χ2v) is 7.45. The summed E-state index contributed by atoms with van der Waals surface area (Å²) in [6.07, 6.45) is 5.43. The van der Waals surface area contributed by atoms with Crippen LogP contribution in [0.4, 0.5) is 0 Å². The first kappa shape index (κ1) is 16.7. The minimum absolute atomic E-state index is 0.00329. The molecule has 2 N–H and O–H groups in total. The third kappa shape index (κ3) is 3.32. The Morgan fingerprint density at radius 1 is 1.19 bits per heavy atom. The van der Waals surface area contributed by atoms with Gasteiger partial charge in [-0.3, -0.25) is 9.59 Å². The summed E-state index contributed by atoms with van der Waals surface area (Å²) in [5, 5.41) is 5.59. The van der Waals surface area contributed by atoms with Crippen LogP contribution < -0.4 is 10.9 Å². The predicted octanol–water partition coefficient (Wildman–Crippen LogP) is 3.35. The van der Waals surface area contributed by atoms with Crippen molar-refractivity contribution in [1.82, 2.24) is 15.3 Å². The summed E-state index contributed by atoms with van der Waals surface area (Å²) in [4.78, 5) is 33.8. The van der Waals surface area contributed by atoms with E-state index in [0.29, 0.717) is 36.1 Å². The zero-order valence-electron chi connectivity index (χ0n) is 14.1. The fourth-order valence-corrected chi connectivity index (χ4v) is 4.05. The number of para-hydroxylation sites is 1. The molecule has 4 rings (SSSR count). The largest absolute Gasteiger partial charge is 0.351 e. The Hall–Kier alpha value is -2.73. The van der Waals surface area contributed by atoms with Gasteiger partial charge in [-0.25, -0.2) is 4.98 Å². The van der Waals surface area contributed by atoms with Gasteiger partial charge in [0.2, 0.25) is 5.91 Å². The van der Waals surface area contributed by atoms with Crippen LogP contribution in [0.15, 0.2) is 58.7 Å². The van der Waals surface area contributed by atoms with Gasteiger partial charge < -0.3 is 10.3 Å². The van der Waals surface area contributed by atoms with Gasteiger partial charge in [0.15, 0.2) is 0 Å². The quantitative estimate of drug-likeness (QED) is 0.696.